The number of pyridine rings is 1. The van der Waals surface area contributed by atoms with Gasteiger partial charge in [0.2, 0.25) is 0 Å². The third kappa shape index (κ3) is 4.41. The number of carbonyl (C=O) groups excluding carboxylic acids is 1. The van der Waals surface area contributed by atoms with E-state index < -0.39 is 17.8 Å². The third-order valence-electron chi connectivity index (χ3n) is 4.08. The van der Waals surface area contributed by atoms with Gasteiger partial charge in [0.25, 0.3) is 11.9 Å². The minimum absolute atomic E-state index is 0.0250. The molecule has 0 fully saturated rings. The molecule has 29 heavy (non-hydrogen) atoms. The highest BCUT2D eigenvalue weighted by atomic mass is 19.4. The van der Waals surface area contributed by atoms with E-state index in [9.17, 15) is 18.0 Å². The minimum Gasteiger partial charge on any atom is -0.306 e. The second-order valence-corrected chi connectivity index (χ2v) is 7.41. The van der Waals surface area contributed by atoms with Crippen LogP contribution in [0.2, 0.25) is 0 Å². The van der Waals surface area contributed by atoms with E-state index in [4.69, 9.17) is 0 Å². The van der Waals surface area contributed by atoms with Crippen LogP contribution in [0.3, 0.4) is 0 Å². The smallest absolute Gasteiger partial charge is 0.306 e. The van der Waals surface area contributed by atoms with Crippen LogP contribution in [-0.2, 0) is 11.6 Å². The fraction of sp³-hybridized carbons (Fsp3) is 0.316. The van der Waals surface area contributed by atoms with E-state index in [1.165, 1.54) is 24.0 Å². The summed E-state index contributed by atoms with van der Waals surface area (Å²) < 4.78 is 39.8. The quantitative estimate of drug-likeness (QED) is 0.715. The van der Waals surface area contributed by atoms with Gasteiger partial charge in [-0.3, -0.25) is 4.79 Å². The predicted octanol–water partition coefficient (Wildman–Crippen LogP) is 3.93. The zero-order chi connectivity index (χ0) is 21.4. The largest absolute Gasteiger partial charge is 0.433 e. The SMILES string of the molecule is Cc1nc(C(F)(F)F)ccc1C(=O)Nc1cc(C(C)(C)C)nn1-c1ncccn1. The molecule has 0 unspecified atom stereocenters. The summed E-state index contributed by atoms with van der Waals surface area (Å²) in [6, 6.07) is 5.21. The van der Waals surface area contributed by atoms with Crippen molar-refractivity contribution >= 4 is 11.7 Å². The number of hydrogen-bond donors (Lipinski definition) is 1. The van der Waals surface area contributed by atoms with Crippen LogP contribution in [0.15, 0.2) is 36.7 Å². The van der Waals surface area contributed by atoms with E-state index in [0.29, 0.717) is 11.5 Å². The molecule has 3 aromatic heterocycles. The Morgan fingerprint density at radius 3 is 2.28 bits per heavy atom. The molecule has 7 nitrogen and oxygen atoms in total. The molecule has 0 aliphatic carbocycles. The highest BCUT2D eigenvalue weighted by Crippen LogP contribution is 2.29. The zero-order valence-corrected chi connectivity index (χ0v) is 16.2. The normalized spacial score (nSPS) is 12.1. The maximum Gasteiger partial charge on any atom is 0.433 e. The van der Waals surface area contributed by atoms with E-state index in [2.05, 4.69) is 25.4 Å². The van der Waals surface area contributed by atoms with E-state index in [0.717, 1.165) is 12.1 Å². The van der Waals surface area contributed by atoms with E-state index >= 15 is 0 Å². The number of carbonyl (C=O) groups is 1. The molecule has 1 amide bonds. The summed E-state index contributed by atoms with van der Waals surface area (Å²) in [4.78, 5) is 24.5. The van der Waals surface area contributed by atoms with Crippen molar-refractivity contribution in [2.24, 2.45) is 0 Å². The van der Waals surface area contributed by atoms with Crippen molar-refractivity contribution in [3.05, 3.63) is 59.3 Å². The fourth-order valence-electron chi connectivity index (χ4n) is 2.53. The summed E-state index contributed by atoms with van der Waals surface area (Å²) in [6.07, 6.45) is -1.50. The lowest BCUT2D eigenvalue weighted by molar-refractivity contribution is -0.141. The summed E-state index contributed by atoms with van der Waals surface area (Å²) in [5.74, 6) is -0.0627. The number of amides is 1. The minimum atomic E-state index is -4.58. The van der Waals surface area contributed by atoms with Crippen molar-refractivity contribution in [3.8, 4) is 5.95 Å². The molecule has 0 spiro atoms. The summed E-state index contributed by atoms with van der Waals surface area (Å²) in [6.45, 7) is 7.23. The van der Waals surface area contributed by atoms with Gasteiger partial charge in [-0.25, -0.2) is 15.0 Å². The molecule has 152 valence electrons. The van der Waals surface area contributed by atoms with Gasteiger partial charge in [0.05, 0.1) is 17.0 Å². The molecule has 0 aromatic carbocycles. The van der Waals surface area contributed by atoms with Crippen LogP contribution in [0, 0.1) is 6.92 Å². The first kappa shape index (κ1) is 20.4. The first-order valence-electron chi connectivity index (χ1n) is 8.71. The molecule has 0 aliphatic rings. The van der Waals surface area contributed by atoms with Gasteiger partial charge in [-0.1, -0.05) is 20.8 Å². The number of alkyl halides is 3. The van der Waals surface area contributed by atoms with Crippen molar-refractivity contribution in [1.82, 2.24) is 24.7 Å². The van der Waals surface area contributed by atoms with Crippen LogP contribution in [0.5, 0.6) is 0 Å². The lowest BCUT2D eigenvalue weighted by atomic mass is 9.92. The maximum absolute atomic E-state index is 12.8. The average molecular weight is 404 g/mol. The van der Waals surface area contributed by atoms with Crippen LogP contribution in [-0.4, -0.2) is 30.6 Å². The summed E-state index contributed by atoms with van der Waals surface area (Å²) in [5, 5.41) is 7.16. The Labute approximate surface area is 165 Å². The number of nitrogens with one attached hydrogen (secondary N) is 1. The van der Waals surface area contributed by atoms with E-state index in [1.807, 2.05) is 20.8 Å². The summed E-state index contributed by atoms with van der Waals surface area (Å²) in [5.41, 5.74) is -0.690. The van der Waals surface area contributed by atoms with Gasteiger partial charge in [-0.15, -0.1) is 0 Å². The van der Waals surface area contributed by atoms with Crippen molar-refractivity contribution in [2.45, 2.75) is 39.3 Å². The van der Waals surface area contributed by atoms with Gasteiger partial charge >= 0.3 is 6.18 Å². The molecule has 3 heterocycles. The molecular formula is C19H19F3N6O. The highest BCUT2D eigenvalue weighted by Gasteiger charge is 2.33. The third-order valence-corrected chi connectivity index (χ3v) is 4.08. The lowest BCUT2D eigenvalue weighted by Crippen LogP contribution is -2.19. The molecule has 3 rings (SSSR count). The molecule has 10 heteroatoms. The highest BCUT2D eigenvalue weighted by molar-refractivity contribution is 6.04. The van der Waals surface area contributed by atoms with Crippen LogP contribution < -0.4 is 5.32 Å². The monoisotopic (exact) mass is 404 g/mol. The fourth-order valence-corrected chi connectivity index (χ4v) is 2.53. The first-order valence-corrected chi connectivity index (χ1v) is 8.71. The zero-order valence-electron chi connectivity index (χ0n) is 16.2. The Bertz CT molecular complexity index is 1040. The standard InChI is InChI=1S/C19H19F3N6O/c1-11-12(6-7-13(25-11)19(20,21)22)16(29)26-15-10-14(18(2,3)4)27-28(15)17-23-8-5-9-24-17/h5-10H,1-4H3,(H,26,29). The Morgan fingerprint density at radius 2 is 1.72 bits per heavy atom. The van der Waals surface area contributed by atoms with Gasteiger partial charge in [-0.05, 0) is 25.1 Å². The van der Waals surface area contributed by atoms with Crippen molar-refractivity contribution in [3.63, 3.8) is 0 Å². The Kier molecular flexibility index (Phi) is 5.12. The summed E-state index contributed by atoms with van der Waals surface area (Å²) in [7, 11) is 0. The molecule has 1 N–H and O–H groups in total. The molecule has 0 saturated carbocycles. The number of anilines is 1. The Hall–Kier alpha value is -3.30. The van der Waals surface area contributed by atoms with Gasteiger partial charge in [0.1, 0.15) is 11.5 Å². The van der Waals surface area contributed by atoms with Gasteiger partial charge in [0, 0.05) is 23.9 Å². The molecule has 3 aromatic rings. The molecular weight excluding hydrogens is 385 g/mol. The van der Waals surface area contributed by atoms with Gasteiger partial charge < -0.3 is 5.32 Å². The van der Waals surface area contributed by atoms with Crippen molar-refractivity contribution in [1.29, 1.82) is 0 Å². The Morgan fingerprint density at radius 1 is 1.07 bits per heavy atom. The van der Waals surface area contributed by atoms with E-state index in [1.54, 1.807) is 12.1 Å². The molecule has 0 saturated heterocycles. The van der Waals surface area contributed by atoms with Gasteiger partial charge in [0.15, 0.2) is 0 Å². The molecule has 0 bridgehead atoms. The van der Waals surface area contributed by atoms with Gasteiger partial charge in [-0.2, -0.15) is 23.0 Å². The number of hydrogen-bond acceptors (Lipinski definition) is 5. The molecule has 0 atom stereocenters. The number of rotatable bonds is 3. The maximum atomic E-state index is 12.8. The number of nitrogens with zero attached hydrogens (tertiary/aromatic N) is 5. The van der Waals surface area contributed by atoms with Crippen LogP contribution >= 0.6 is 0 Å². The van der Waals surface area contributed by atoms with Crippen molar-refractivity contribution in [2.75, 3.05) is 5.32 Å². The molecule has 0 aliphatic heterocycles. The number of aromatic nitrogens is 5. The number of aryl methyl sites for hydroxylation is 1. The lowest BCUT2D eigenvalue weighted by Gasteiger charge is -2.13. The van der Waals surface area contributed by atoms with Crippen LogP contribution in [0.4, 0.5) is 19.0 Å². The predicted molar refractivity (Wildman–Crippen MR) is 99.8 cm³/mol. The van der Waals surface area contributed by atoms with Crippen LogP contribution in [0.25, 0.3) is 5.95 Å². The second-order valence-electron chi connectivity index (χ2n) is 7.41. The van der Waals surface area contributed by atoms with Crippen molar-refractivity contribution < 1.29 is 18.0 Å². The Balaban J connectivity index is 1.97. The van der Waals surface area contributed by atoms with E-state index in [-0.39, 0.29) is 22.6 Å². The number of halogens is 3. The first-order chi connectivity index (χ1) is 13.5. The molecule has 0 radical (unpaired) electrons. The van der Waals surface area contributed by atoms with Crippen LogP contribution in [0.1, 0.15) is 48.2 Å². The summed E-state index contributed by atoms with van der Waals surface area (Å²) >= 11 is 0. The topological polar surface area (TPSA) is 85.6 Å². The average Bonchev–Trinajstić information content (AvgIpc) is 3.05. The second kappa shape index (κ2) is 7.26.